The molecule has 1 N–H and O–H groups in total. The molecule has 0 saturated heterocycles. The first-order chi connectivity index (χ1) is 12.8. The maximum absolute atomic E-state index is 13.3. The van der Waals surface area contributed by atoms with Crippen LogP contribution in [0.2, 0.25) is 0 Å². The van der Waals surface area contributed by atoms with E-state index >= 15 is 0 Å². The molecule has 1 aliphatic carbocycles. The Morgan fingerprint density at radius 3 is 2.15 bits per heavy atom. The predicted molar refractivity (Wildman–Crippen MR) is 106 cm³/mol. The van der Waals surface area contributed by atoms with Crippen LogP contribution in [0.1, 0.15) is 56.5 Å². The Morgan fingerprint density at radius 2 is 1.70 bits per heavy atom. The highest BCUT2D eigenvalue weighted by Gasteiger charge is 2.64. The maximum atomic E-state index is 13.3. The first kappa shape index (κ1) is 21.2. The van der Waals surface area contributed by atoms with Gasteiger partial charge in [-0.3, -0.25) is 4.79 Å². The molecule has 1 amide bonds. The second-order valence-corrected chi connectivity index (χ2v) is 7.17. The van der Waals surface area contributed by atoms with Gasteiger partial charge in [0.15, 0.2) is 5.54 Å². The molecule has 0 heterocycles. The number of benzene rings is 1. The predicted octanol–water partition coefficient (Wildman–Crippen LogP) is 3.53. The lowest BCUT2D eigenvalue weighted by atomic mass is 10.0. The van der Waals surface area contributed by atoms with Crippen LogP contribution >= 0.6 is 0 Å². The number of hydrogen-bond donors (Lipinski definition) is 1. The second-order valence-electron chi connectivity index (χ2n) is 7.17. The van der Waals surface area contributed by atoms with Crippen LogP contribution in [-0.4, -0.2) is 55.2 Å². The minimum absolute atomic E-state index is 0.00753. The number of carbonyl (C=O) groups excluding carboxylic acids is 2. The van der Waals surface area contributed by atoms with Crippen molar-refractivity contribution in [1.82, 2.24) is 0 Å². The van der Waals surface area contributed by atoms with Gasteiger partial charge in [0.05, 0.1) is 44.6 Å². The molecule has 0 aliphatic heterocycles. The maximum Gasteiger partial charge on any atom is 0.340 e. The first-order valence-corrected chi connectivity index (χ1v) is 9.88. The third-order valence-corrected chi connectivity index (χ3v) is 6.15. The molecule has 0 spiro atoms. The van der Waals surface area contributed by atoms with Gasteiger partial charge in [0, 0.05) is 12.8 Å². The van der Waals surface area contributed by atoms with Crippen molar-refractivity contribution in [1.29, 1.82) is 0 Å². The molecule has 6 heteroatoms. The van der Waals surface area contributed by atoms with E-state index in [1.54, 1.807) is 20.1 Å². The van der Waals surface area contributed by atoms with Crippen LogP contribution in [0.15, 0.2) is 12.1 Å². The average molecular weight is 378 g/mol. The molecule has 0 radical (unpaired) electrons. The standard InChI is InChI=1S/C21H32N2O4/c1-7-23(8-2,9-3)21(11-12-21)20(25)22-18-15(5)13-16(26-6)14-17(18)19(24)27-10-4/h13-14H,7-12H2,1-6H3/p+1. The van der Waals surface area contributed by atoms with Gasteiger partial charge in [0.2, 0.25) is 0 Å². The highest BCUT2D eigenvalue weighted by atomic mass is 16.5. The quantitative estimate of drug-likeness (QED) is 0.528. The number of likely N-dealkylation sites (N-methyl/N-ethyl adjacent to an activating group) is 1. The number of nitrogens with zero attached hydrogens (tertiary/aromatic N) is 1. The summed E-state index contributed by atoms with van der Waals surface area (Å²) in [5, 5.41) is 3.07. The van der Waals surface area contributed by atoms with Crippen molar-refractivity contribution in [3.05, 3.63) is 23.3 Å². The fraction of sp³-hybridized carbons (Fsp3) is 0.619. The fourth-order valence-corrected chi connectivity index (χ4v) is 4.25. The van der Waals surface area contributed by atoms with Gasteiger partial charge in [-0.05, 0) is 52.3 Å². The highest BCUT2D eigenvalue weighted by molar-refractivity contribution is 6.06. The summed E-state index contributed by atoms with van der Waals surface area (Å²) in [5.41, 5.74) is 1.23. The van der Waals surface area contributed by atoms with Crippen molar-refractivity contribution in [3.8, 4) is 5.75 Å². The van der Waals surface area contributed by atoms with Gasteiger partial charge >= 0.3 is 5.97 Å². The summed E-state index contributed by atoms with van der Waals surface area (Å²) in [7, 11) is 1.55. The Bertz CT molecular complexity index is 698. The van der Waals surface area contributed by atoms with Gasteiger partial charge < -0.3 is 19.3 Å². The Labute approximate surface area is 162 Å². The van der Waals surface area contributed by atoms with Crippen LogP contribution < -0.4 is 10.1 Å². The second kappa shape index (κ2) is 8.30. The lowest BCUT2D eigenvalue weighted by Crippen LogP contribution is -2.61. The summed E-state index contributed by atoms with van der Waals surface area (Å²) < 4.78 is 11.2. The molecular formula is C21H33N2O4+. The molecule has 1 saturated carbocycles. The zero-order valence-corrected chi connectivity index (χ0v) is 17.5. The van der Waals surface area contributed by atoms with Gasteiger partial charge in [0.1, 0.15) is 5.75 Å². The summed E-state index contributed by atoms with van der Waals surface area (Å²) in [4.78, 5) is 25.8. The number of esters is 1. The van der Waals surface area contributed by atoms with Crippen molar-refractivity contribution >= 4 is 17.6 Å². The summed E-state index contributed by atoms with van der Waals surface area (Å²) in [6, 6.07) is 3.45. The van der Waals surface area contributed by atoms with Gasteiger partial charge in [-0.15, -0.1) is 0 Å². The number of rotatable bonds is 9. The first-order valence-electron chi connectivity index (χ1n) is 9.88. The normalized spacial score (nSPS) is 15.2. The molecule has 1 aromatic carbocycles. The van der Waals surface area contributed by atoms with E-state index in [2.05, 4.69) is 26.1 Å². The monoisotopic (exact) mass is 377 g/mol. The lowest BCUT2D eigenvalue weighted by molar-refractivity contribution is -0.947. The van der Waals surface area contributed by atoms with E-state index in [1.807, 2.05) is 13.0 Å². The topological polar surface area (TPSA) is 64.6 Å². The SMILES string of the molecule is CCOC(=O)c1cc(OC)cc(C)c1NC(=O)C1([N+](CC)(CC)CC)CC1. The van der Waals surface area contributed by atoms with Crippen LogP contribution in [0, 0.1) is 6.92 Å². The number of carbonyl (C=O) groups is 2. The Balaban J connectivity index is 2.42. The van der Waals surface area contributed by atoms with Crippen LogP contribution in [0.4, 0.5) is 5.69 Å². The molecule has 0 unspecified atom stereocenters. The average Bonchev–Trinajstić information content (AvgIpc) is 3.47. The van der Waals surface area contributed by atoms with E-state index in [1.165, 1.54) is 0 Å². The molecule has 27 heavy (non-hydrogen) atoms. The molecule has 2 rings (SSSR count). The number of aryl methyl sites for hydroxylation is 1. The van der Waals surface area contributed by atoms with Gasteiger partial charge in [-0.1, -0.05) is 0 Å². The molecule has 0 atom stereocenters. The van der Waals surface area contributed by atoms with Crippen LogP contribution in [0.25, 0.3) is 0 Å². The Kier molecular flexibility index (Phi) is 6.52. The minimum atomic E-state index is -0.457. The molecule has 0 bridgehead atoms. The van der Waals surface area contributed by atoms with Crippen molar-refractivity contribution in [2.24, 2.45) is 0 Å². The Hall–Kier alpha value is -2.08. The molecular weight excluding hydrogens is 344 g/mol. The molecule has 1 aromatic rings. The van der Waals surface area contributed by atoms with Gasteiger partial charge in [-0.2, -0.15) is 0 Å². The van der Waals surface area contributed by atoms with Crippen LogP contribution in [0.5, 0.6) is 5.75 Å². The van der Waals surface area contributed by atoms with Crippen molar-refractivity contribution < 1.29 is 23.5 Å². The number of amides is 1. The number of ether oxygens (including phenoxy) is 2. The number of nitrogens with one attached hydrogen (secondary N) is 1. The largest absolute Gasteiger partial charge is 0.497 e. The van der Waals surface area contributed by atoms with Crippen LogP contribution in [0.3, 0.4) is 0 Å². The third kappa shape index (κ3) is 3.68. The molecule has 0 aromatic heterocycles. The summed E-state index contributed by atoms with van der Waals surface area (Å²) in [5.74, 6) is 0.101. The Morgan fingerprint density at radius 1 is 1.11 bits per heavy atom. The summed E-state index contributed by atoms with van der Waals surface area (Å²) in [6.07, 6.45) is 1.75. The smallest absolute Gasteiger partial charge is 0.340 e. The van der Waals surface area contributed by atoms with Crippen molar-refractivity contribution in [3.63, 3.8) is 0 Å². The highest BCUT2D eigenvalue weighted by Crippen LogP contribution is 2.48. The molecule has 6 nitrogen and oxygen atoms in total. The number of hydrogen-bond acceptors (Lipinski definition) is 4. The van der Waals surface area contributed by atoms with Gasteiger partial charge in [-0.25, -0.2) is 4.79 Å². The summed E-state index contributed by atoms with van der Waals surface area (Å²) in [6.45, 7) is 13.1. The zero-order chi connectivity index (χ0) is 20.2. The van der Waals surface area contributed by atoms with E-state index in [0.717, 1.165) is 42.5 Å². The number of quaternary nitrogens is 1. The van der Waals surface area contributed by atoms with E-state index in [0.29, 0.717) is 17.0 Å². The lowest BCUT2D eigenvalue weighted by Gasteiger charge is -2.43. The van der Waals surface area contributed by atoms with Crippen molar-refractivity contribution in [2.75, 3.05) is 38.7 Å². The van der Waals surface area contributed by atoms with E-state index in [9.17, 15) is 9.59 Å². The van der Waals surface area contributed by atoms with E-state index < -0.39 is 11.5 Å². The zero-order valence-electron chi connectivity index (χ0n) is 17.5. The van der Waals surface area contributed by atoms with E-state index in [-0.39, 0.29) is 12.5 Å². The molecule has 1 aliphatic rings. The minimum Gasteiger partial charge on any atom is -0.497 e. The molecule has 150 valence electrons. The van der Waals surface area contributed by atoms with Crippen LogP contribution in [-0.2, 0) is 9.53 Å². The number of anilines is 1. The van der Waals surface area contributed by atoms with Crippen molar-refractivity contribution in [2.45, 2.75) is 53.0 Å². The van der Waals surface area contributed by atoms with Gasteiger partial charge in [0.25, 0.3) is 5.91 Å². The summed E-state index contributed by atoms with van der Waals surface area (Å²) >= 11 is 0. The molecule has 1 fully saturated rings. The number of methoxy groups -OCH3 is 1. The third-order valence-electron chi connectivity index (χ3n) is 6.15. The van der Waals surface area contributed by atoms with E-state index in [4.69, 9.17) is 9.47 Å². The fourth-order valence-electron chi connectivity index (χ4n) is 4.25.